The number of hydrogen-bond donors (Lipinski definition) is 2. The standard InChI is InChI=1S/C8H13NO.C2H6/c1-3-8(9)5-4-7(2)6-10;1-2/h3-5,10H,1,6,9H2,2H3;1-2H3/b7-4+,8-5+;. The van der Waals surface area contributed by atoms with Gasteiger partial charge in [-0.1, -0.05) is 26.5 Å². The number of allylic oxidation sites excluding steroid dienone is 3. The molecule has 0 aliphatic rings. The van der Waals surface area contributed by atoms with Crippen LogP contribution in [0.25, 0.3) is 0 Å². The molecule has 0 aromatic carbocycles. The van der Waals surface area contributed by atoms with Crippen LogP contribution in [0.5, 0.6) is 0 Å². The summed E-state index contributed by atoms with van der Waals surface area (Å²) in [5.41, 5.74) is 6.88. The SMILES string of the molecule is C=C/C(N)=C\C=C(/C)CO.CC. The molecule has 70 valence electrons. The summed E-state index contributed by atoms with van der Waals surface area (Å²) < 4.78 is 0. The third-order valence-electron chi connectivity index (χ3n) is 1.05. The van der Waals surface area contributed by atoms with Crippen molar-refractivity contribution < 1.29 is 5.11 Å². The number of aliphatic hydroxyl groups excluding tert-OH is 1. The zero-order chi connectivity index (χ0) is 9.98. The van der Waals surface area contributed by atoms with Gasteiger partial charge < -0.3 is 10.8 Å². The molecule has 0 rings (SSSR count). The van der Waals surface area contributed by atoms with Gasteiger partial charge in [0.05, 0.1) is 6.61 Å². The molecule has 12 heavy (non-hydrogen) atoms. The summed E-state index contributed by atoms with van der Waals surface area (Å²) in [6.07, 6.45) is 5.02. The minimum atomic E-state index is 0.0704. The monoisotopic (exact) mass is 169 g/mol. The highest BCUT2D eigenvalue weighted by atomic mass is 16.3. The molecule has 3 N–H and O–H groups in total. The first-order chi connectivity index (χ1) is 5.70. The summed E-state index contributed by atoms with van der Waals surface area (Å²) in [5, 5.41) is 8.56. The van der Waals surface area contributed by atoms with Crippen molar-refractivity contribution in [3.8, 4) is 0 Å². The Morgan fingerprint density at radius 1 is 1.42 bits per heavy atom. The first kappa shape index (κ1) is 13.6. The van der Waals surface area contributed by atoms with Gasteiger partial charge >= 0.3 is 0 Å². The zero-order valence-corrected chi connectivity index (χ0v) is 8.17. The molecule has 0 amide bonds. The van der Waals surface area contributed by atoms with Crippen molar-refractivity contribution in [2.24, 2.45) is 5.73 Å². The Morgan fingerprint density at radius 3 is 2.25 bits per heavy atom. The molecule has 0 fully saturated rings. The lowest BCUT2D eigenvalue weighted by molar-refractivity contribution is 0.331. The highest BCUT2D eigenvalue weighted by Gasteiger charge is 1.81. The number of aliphatic hydroxyl groups is 1. The van der Waals surface area contributed by atoms with Crippen molar-refractivity contribution in [3.05, 3.63) is 36.1 Å². The fourth-order valence-electron chi connectivity index (χ4n) is 0.359. The van der Waals surface area contributed by atoms with E-state index in [0.29, 0.717) is 5.70 Å². The summed E-state index contributed by atoms with van der Waals surface area (Å²) in [6.45, 7) is 9.38. The zero-order valence-electron chi connectivity index (χ0n) is 8.17. The molecule has 0 atom stereocenters. The van der Waals surface area contributed by atoms with Gasteiger partial charge in [-0.15, -0.1) is 0 Å². The smallest absolute Gasteiger partial charge is 0.0642 e. The lowest BCUT2D eigenvalue weighted by atomic mass is 10.3. The van der Waals surface area contributed by atoms with Gasteiger partial charge in [0, 0.05) is 5.70 Å². The Labute approximate surface area is 75.1 Å². The maximum atomic E-state index is 8.56. The molecule has 0 radical (unpaired) electrons. The lowest BCUT2D eigenvalue weighted by Gasteiger charge is -1.90. The Balaban J connectivity index is 0. The minimum Gasteiger partial charge on any atom is -0.399 e. The third-order valence-corrected chi connectivity index (χ3v) is 1.05. The fourth-order valence-corrected chi connectivity index (χ4v) is 0.359. The highest BCUT2D eigenvalue weighted by Crippen LogP contribution is 1.92. The van der Waals surface area contributed by atoms with Crippen LogP contribution in [0.15, 0.2) is 36.1 Å². The normalized spacial score (nSPS) is 11.7. The van der Waals surface area contributed by atoms with Crippen LogP contribution in [0.3, 0.4) is 0 Å². The largest absolute Gasteiger partial charge is 0.399 e. The van der Waals surface area contributed by atoms with Gasteiger partial charge in [0.2, 0.25) is 0 Å². The molecule has 0 aromatic heterocycles. The first-order valence-electron chi connectivity index (χ1n) is 4.07. The van der Waals surface area contributed by atoms with Gasteiger partial charge in [-0.25, -0.2) is 0 Å². The average molecular weight is 169 g/mol. The van der Waals surface area contributed by atoms with E-state index in [1.165, 1.54) is 0 Å². The average Bonchev–Trinajstić information content (AvgIpc) is 2.16. The summed E-state index contributed by atoms with van der Waals surface area (Å²) in [7, 11) is 0. The summed E-state index contributed by atoms with van der Waals surface area (Å²) in [5.74, 6) is 0. The van der Waals surface area contributed by atoms with Crippen molar-refractivity contribution in [2.45, 2.75) is 20.8 Å². The summed E-state index contributed by atoms with van der Waals surface area (Å²) >= 11 is 0. The Kier molecular flexibility index (Phi) is 11.3. The second-order valence-corrected chi connectivity index (χ2v) is 2.04. The molecule has 0 heterocycles. The predicted octanol–water partition coefficient (Wildman–Crippen LogP) is 1.98. The molecule has 0 bridgehead atoms. The summed E-state index contributed by atoms with van der Waals surface area (Å²) in [6, 6.07) is 0. The molecule has 0 aliphatic carbocycles. The Bertz CT molecular complexity index is 169. The molecule has 0 unspecified atom stereocenters. The van der Waals surface area contributed by atoms with E-state index < -0.39 is 0 Å². The molecular formula is C10H19NO. The molecule has 0 saturated carbocycles. The molecule has 0 aliphatic heterocycles. The van der Waals surface area contributed by atoms with Crippen LogP contribution in [0.2, 0.25) is 0 Å². The molecule has 2 heteroatoms. The first-order valence-corrected chi connectivity index (χ1v) is 4.07. The molecule has 2 nitrogen and oxygen atoms in total. The van der Waals surface area contributed by atoms with E-state index in [0.717, 1.165) is 5.57 Å². The van der Waals surface area contributed by atoms with Crippen molar-refractivity contribution in [2.75, 3.05) is 6.61 Å². The van der Waals surface area contributed by atoms with E-state index in [4.69, 9.17) is 10.8 Å². The van der Waals surface area contributed by atoms with Gasteiger partial charge in [0.25, 0.3) is 0 Å². The van der Waals surface area contributed by atoms with Crippen LogP contribution >= 0.6 is 0 Å². The maximum Gasteiger partial charge on any atom is 0.0642 e. The number of nitrogens with two attached hydrogens (primary N) is 1. The van der Waals surface area contributed by atoms with Crippen molar-refractivity contribution in [1.82, 2.24) is 0 Å². The van der Waals surface area contributed by atoms with Gasteiger partial charge in [-0.05, 0) is 24.6 Å². The van der Waals surface area contributed by atoms with Gasteiger partial charge in [-0.3, -0.25) is 0 Å². The van der Waals surface area contributed by atoms with Crippen LogP contribution < -0.4 is 5.73 Å². The van der Waals surface area contributed by atoms with Crippen molar-refractivity contribution in [1.29, 1.82) is 0 Å². The van der Waals surface area contributed by atoms with E-state index in [2.05, 4.69) is 6.58 Å². The van der Waals surface area contributed by atoms with E-state index in [-0.39, 0.29) is 6.61 Å². The van der Waals surface area contributed by atoms with Gasteiger partial charge in [-0.2, -0.15) is 0 Å². The lowest BCUT2D eigenvalue weighted by Crippen LogP contribution is -1.91. The van der Waals surface area contributed by atoms with E-state index in [1.54, 1.807) is 18.2 Å². The van der Waals surface area contributed by atoms with E-state index >= 15 is 0 Å². The second-order valence-electron chi connectivity index (χ2n) is 2.04. The predicted molar refractivity (Wildman–Crippen MR) is 54.7 cm³/mol. The Morgan fingerprint density at radius 2 is 1.92 bits per heavy atom. The van der Waals surface area contributed by atoms with Crippen LogP contribution in [0, 0.1) is 0 Å². The number of rotatable bonds is 3. The van der Waals surface area contributed by atoms with Crippen molar-refractivity contribution in [3.63, 3.8) is 0 Å². The molecule has 0 spiro atoms. The molecule has 0 saturated heterocycles. The number of hydrogen-bond acceptors (Lipinski definition) is 2. The van der Waals surface area contributed by atoms with Crippen molar-refractivity contribution >= 4 is 0 Å². The van der Waals surface area contributed by atoms with Crippen LogP contribution in [-0.2, 0) is 0 Å². The van der Waals surface area contributed by atoms with Crippen LogP contribution in [0.1, 0.15) is 20.8 Å². The van der Waals surface area contributed by atoms with Crippen LogP contribution in [-0.4, -0.2) is 11.7 Å². The molecular weight excluding hydrogens is 150 g/mol. The fraction of sp³-hybridized carbons (Fsp3) is 0.400. The minimum absolute atomic E-state index is 0.0704. The quantitative estimate of drug-likeness (QED) is 0.634. The van der Waals surface area contributed by atoms with E-state index in [9.17, 15) is 0 Å². The Hall–Kier alpha value is -1.02. The maximum absolute atomic E-state index is 8.56. The summed E-state index contributed by atoms with van der Waals surface area (Å²) in [4.78, 5) is 0. The van der Waals surface area contributed by atoms with Gasteiger partial charge in [0.15, 0.2) is 0 Å². The second kappa shape index (κ2) is 9.98. The van der Waals surface area contributed by atoms with Crippen LogP contribution in [0.4, 0.5) is 0 Å². The highest BCUT2D eigenvalue weighted by molar-refractivity contribution is 5.21. The molecule has 0 aromatic rings. The topological polar surface area (TPSA) is 46.2 Å². The third kappa shape index (κ3) is 8.98. The van der Waals surface area contributed by atoms with Gasteiger partial charge in [0.1, 0.15) is 0 Å². The van der Waals surface area contributed by atoms with E-state index in [1.807, 2.05) is 20.8 Å².